The third kappa shape index (κ3) is 1.74. The van der Waals surface area contributed by atoms with Gasteiger partial charge in [0.25, 0.3) is 0 Å². The van der Waals surface area contributed by atoms with Gasteiger partial charge in [-0.1, -0.05) is 0 Å². The van der Waals surface area contributed by atoms with Crippen LogP contribution in [0.25, 0.3) is 0 Å². The van der Waals surface area contributed by atoms with Gasteiger partial charge in [-0.25, -0.2) is 0 Å². The first-order valence-electron chi connectivity index (χ1n) is 4.62. The summed E-state index contributed by atoms with van der Waals surface area (Å²) in [6.07, 6.45) is 3.83. The maximum Gasteiger partial charge on any atom is 0.225 e. The minimum atomic E-state index is -0.153. The van der Waals surface area contributed by atoms with E-state index < -0.39 is 0 Å². The van der Waals surface area contributed by atoms with Crippen molar-refractivity contribution >= 4 is 11.9 Å². The number of hydrogen-bond donors (Lipinski definition) is 3. The minimum absolute atomic E-state index is 0.153. The second-order valence-corrected chi connectivity index (χ2v) is 3.86. The standard InChI is InChI=1S/C8H14N6/c9-6-12-5(13-7(10)14-6)4-8(11)2-1-3-8/h1-4,11H2,(H4,9,10,12,13,14). The molecule has 0 aromatic carbocycles. The van der Waals surface area contributed by atoms with Gasteiger partial charge in [0, 0.05) is 12.0 Å². The van der Waals surface area contributed by atoms with Gasteiger partial charge in [-0.15, -0.1) is 0 Å². The number of rotatable bonds is 2. The fourth-order valence-corrected chi connectivity index (χ4v) is 1.66. The van der Waals surface area contributed by atoms with Crippen molar-refractivity contribution in [3.05, 3.63) is 5.82 Å². The molecule has 1 aromatic rings. The van der Waals surface area contributed by atoms with Crippen molar-refractivity contribution in [2.75, 3.05) is 11.5 Å². The van der Waals surface area contributed by atoms with Gasteiger partial charge < -0.3 is 17.2 Å². The Morgan fingerprint density at radius 1 is 1.07 bits per heavy atom. The molecule has 0 bridgehead atoms. The Bertz CT molecular complexity index is 325. The quantitative estimate of drug-likeness (QED) is 0.582. The smallest absolute Gasteiger partial charge is 0.225 e. The summed E-state index contributed by atoms with van der Waals surface area (Å²) in [4.78, 5) is 11.7. The Labute approximate surface area is 81.9 Å². The summed E-state index contributed by atoms with van der Waals surface area (Å²) < 4.78 is 0. The number of aromatic nitrogens is 3. The molecule has 0 amide bonds. The van der Waals surface area contributed by atoms with Gasteiger partial charge in [0.05, 0.1) is 0 Å². The van der Waals surface area contributed by atoms with E-state index in [0.717, 1.165) is 12.8 Å². The second kappa shape index (κ2) is 3.06. The fraction of sp³-hybridized carbons (Fsp3) is 0.625. The van der Waals surface area contributed by atoms with E-state index in [-0.39, 0.29) is 17.4 Å². The van der Waals surface area contributed by atoms with Crippen LogP contribution in [0.2, 0.25) is 0 Å². The van der Waals surface area contributed by atoms with Crippen molar-refractivity contribution in [1.82, 2.24) is 15.0 Å². The van der Waals surface area contributed by atoms with Crippen molar-refractivity contribution in [3.63, 3.8) is 0 Å². The minimum Gasteiger partial charge on any atom is -0.368 e. The Morgan fingerprint density at radius 3 is 2.07 bits per heavy atom. The molecular weight excluding hydrogens is 180 g/mol. The normalized spacial score (nSPS) is 18.9. The molecule has 2 rings (SSSR count). The van der Waals surface area contributed by atoms with Crippen LogP contribution in [0.5, 0.6) is 0 Å². The summed E-state index contributed by atoms with van der Waals surface area (Å²) in [5, 5.41) is 0. The van der Waals surface area contributed by atoms with E-state index in [4.69, 9.17) is 17.2 Å². The van der Waals surface area contributed by atoms with E-state index in [1.165, 1.54) is 6.42 Å². The molecule has 0 saturated heterocycles. The Morgan fingerprint density at radius 2 is 1.64 bits per heavy atom. The molecule has 0 aliphatic heterocycles. The monoisotopic (exact) mass is 194 g/mol. The van der Waals surface area contributed by atoms with Crippen LogP contribution in [0.15, 0.2) is 0 Å². The van der Waals surface area contributed by atoms with E-state index >= 15 is 0 Å². The highest BCUT2D eigenvalue weighted by Gasteiger charge is 2.33. The van der Waals surface area contributed by atoms with Gasteiger partial charge in [0.2, 0.25) is 11.9 Å². The maximum atomic E-state index is 6.05. The van der Waals surface area contributed by atoms with E-state index in [1.807, 2.05) is 0 Å². The Kier molecular flexibility index (Phi) is 1.99. The van der Waals surface area contributed by atoms with Crippen LogP contribution in [0, 0.1) is 0 Å². The van der Waals surface area contributed by atoms with Gasteiger partial charge in [-0.3, -0.25) is 0 Å². The lowest BCUT2D eigenvalue weighted by atomic mass is 9.75. The predicted octanol–water partition coefficient (Wildman–Crippen LogP) is -0.540. The molecule has 6 N–H and O–H groups in total. The number of nitrogens with two attached hydrogens (primary N) is 3. The highest BCUT2D eigenvalue weighted by molar-refractivity contribution is 5.26. The SMILES string of the molecule is Nc1nc(N)nc(CC2(N)CCC2)n1. The molecular formula is C8H14N6. The summed E-state index contributed by atoms with van der Waals surface area (Å²) in [5.74, 6) is 0.919. The van der Waals surface area contributed by atoms with Crippen molar-refractivity contribution in [2.24, 2.45) is 5.73 Å². The van der Waals surface area contributed by atoms with Crippen LogP contribution in [0.3, 0.4) is 0 Å². The van der Waals surface area contributed by atoms with Crippen LogP contribution >= 0.6 is 0 Å². The lowest BCUT2D eigenvalue weighted by Crippen LogP contribution is -2.48. The lowest BCUT2D eigenvalue weighted by molar-refractivity contribution is 0.243. The van der Waals surface area contributed by atoms with Crippen molar-refractivity contribution in [1.29, 1.82) is 0 Å². The summed E-state index contributed by atoms with van der Waals surface area (Å²) in [6, 6.07) is 0. The van der Waals surface area contributed by atoms with Crippen LogP contribution in [-0.2, 0) is 6.42 Å². The van der Waals surface area contributed by atoms with Crippen molar-refractivity contribution in [3.8, 4) is 0 Å². The molecule has 1 fully saturated rings. The van der Waals surface area contributed by atoms with Crippen LogP contribution in [0.1, 0.15) is 25.1 Å². The summed E-state index contributed by atoms with van der Waals surface area (Å²) in [7, 11) is 0. The zero-order chi connectivity index (χ0) is 10.2. The van der Waals surface area contributed by atoms with Crippen molar-refractivity contribution < 1.29 is 0 Å². The van der Waals surface area contributed by atoms with Gasteiger partial charge in [-0.2, -0.15) is 15.0 Å². The van der Waals surface area contributed by atoms with Crippen molar-refractivity contribution in [2.45, 2.75) is 31.2 Å². The number of nitrogens with zero attached hydrogens (tertiary/aromatic N) is 3. The van der Waals surface area contributed by atoms with E-state index in [1.54, 1.807) is 0 Å². The average molecular weight is 194 g/mol. The Hall–Kier alpha value is -1.43. The van der Waals surface area contributed by atoms with Crippen LogP contribution < -0.4 is 17.2 Å². The zero-order valence-corrected chi connectivity index (χ0v) is 7.90. The molecule has 0 unspecified atom stereocenters. The largest absolute Gasteiger partial charge is 0.368 e. The molecule has 1 aliphatic carbocycles. The van der Waals surface area contributed by atoms with Crippen LogP contribution in [0.4, 0.5) is 11.9 Å². The topological polar surface area (TPSA) is 117 Å². The average Bonchev–Trinajstić information content (AvgIpc) is 1.99. The van der Waals surface area contributed by atoms with Gasteiger partial charge in [0.15, 0.2) is 0 Å². The first kappa shape index (κ1) is 9.14. The molecule has 1 saturated carbocycles. The summed E-state index contributed by atoms with van der Waals surface area (Å²) in [5.41, 5.74) is 16.8. The molecule has 14 heavy (non-hydrogen) atoms. The Balaban J connectivity index is 2.16. The molecule has 0 atom stereocenters. The zero-order valence-electron chi connectivity index (χ0n) is 7.90. The lowest BCUT2D eigenvalue weighted by Gasteiger charge is -2.37. The van der Waals surface area contributed by atoms with Gasteiger partial charge in [-0.05, 0) is 19.3 Å². The third-order valence-corrected chi connectivity index (χ3v) is 2.58. The molecule has 6 heteroatoms. The molecule has 0 spiro atoms. The summed E-state index contributed by atoms with van der Waals surface area (Å²) in [6.45, 7) is 0. The number of hydrogen-bond acceptors (Lipinski definition) is 6. The number of anilines is 2. The highest BCUT2D eigenvalue weighted by atomic mass is 15.1. The number of nitrogen functional groups attached to an aromatic ring is 2. The molecule has 1 aliphatic rings. The summed E-state index contributed by atoms with van der Waals surface area (Å²) >= 11 is 0. The first-order chi connectivity index (χ1) is 6.57. The molecule has 0 radical (unpaired) electrons. The van der Waals surface area contributed by atoms with Crippen LogP contribution in [-0.4, -0.2) is 20.5 Å². The second-order valence-electron chi connectivity index (χ2n) is 3.86. The molecule has 1 aromatic heterocycles. The van der Waals surface area contributed by atoms with Gasteiger partial charge in [0.1, 0.15) is 5.82 Å². The van der Waals surface area contributed by atoms with Gasteiger partial charge >= 0.3 is 0 Å². The first-order valence-corrected chi connectivity index (χ1v) is 4.62. The van der Waals surface area contributed by atoms with E-state index in [0.29, 0.717) is 12.2 Å². The predicted molar refractivity (Wildman–Crippen MR) is 53.1 cm³/mol. The molecule has 6 nitrogen and oxygen atoms in total. The molecule has 76 valence electrons. The van der Waals surface area contributed by atoms with E-state index in [2.05, 4.69) is 15.0 Å². The third-order valence-electron chi connectivity index (χ3n) is 2.58. The molecule has 1 heterocycles. The maximum absolute atomic E-state index is 6.05. The highest BCUT2D eigenvalue weighted by Crippen LogP contribution is 2.31. The fourth-order valence-electron chi connectivity index (χ4n) is 1.66. The van der Waals surface area contributed by atoms with E-state index in [9.17, 15) is 0 Å².